The lowest BCUT2D eigenvalue weighted by molar-refractivity contribution is -0.138. The van der Waals surface area contributed by atoms with Crippen molar-refractivity contribution in [1.82, 2.24) is 10.6 Å². The van der Waals surface area contributed by atoms with Crippen LogP contribution in [0.1, 0.15) is 28.8 Å². The molecule has 124 valence electrons. The van der Waals surface area contributed by atoms with E-state index in [4.69, 9.17) is 0 Å². The Morgan fingerprint density at radius 3 is 2.43 bits per heavy atom. The topological polar surface area (TPSA) is 84.5 Å². The average molecular weight is 330 g/mol. The highest BCUT2D eigenvalue weighted by molar-refractivity contribution is 5.97. The normalized spacial score (nSPS) is 14.0. The number of alkyl halides is 3. The van der Waals surface area contributed by atoms with Gasteiger partial charge < -0.3 is 10.1 Å². The Balaban J connectivity index is 1.89. The number of halogens is 3. The summed E-state index contributed by atoms with van der Waals surface area (Å²) in [5.74, 6) is -2.23. The number of urea groups is 1. The number of benzene rings is 1. The van der Waals surface area contributed by atoms with Crippen LogP contribution in [-0.2, 0) is 15.7 Å². The number of rotatable bonds is 4. The van der Waals surface area contributed by atoms with E-state index in [1.807, 2.05) is 5.32 Å². The highest BCUT2D eigenvalue weighted by Gasteiger charge is 2.35. The lowest BCUT2D eigenvalue weighted by Crippen LogP contribution is -2.42. The molecule has 1 aromatic carbocycles. The molecule has 1 aliphatic rings. The third-order valence-electron chi connectivity index (χ3n) is 2.95. The number of amides is 3. The van der Waals surface area contributed by atoms with Crippen LogP contribution < -0.4 is 10.6 Å². The fourth-order valence-corrected chi connectivity index (χ4v) is 1.73. The minimum atomic E-state index is -4.72. The molecule has 0 aromatic heterocycles. The molecular formula is C14H13F3N2O4. The lowest BCUT2D eigenvalue weighted by atomic mass is 10.1. The van der Waals surface area contributed by atoms with Crippen LogP contribution in [0, 0.1) is 0 Å². The van der Waals surface area contributed by atoms with Crippen molar-refractivity contribution in [3.63, 3.8) is 0 Å². The second kappa shape index (κ2) is 6.67. The molecule has 0 atom stereocenters. The Morgan fingerprint density at radius 1 is 1.17 bits per heavy atom. The first-order valence-electron chi connectivity index (χ1n) is 6.71. The Morgan fingerprint density at radius 2 is 1.83 bits per heavy atom. The number of nitrogens with one attached hydrogen (secondary N) is 2. The molecule has 1 aromatic rings. The Labute approximate surface area is 129 Å². The first-order valence-corrected chi connectivity index (χ1v) is 6.71. The first-order chi connectivity index (χ1) is 10.8. The van der Waals surface area contributed by atoms with Gasteiger partial charge in [0.15, 0.2) is 6.61 Å². The predicted molar refractivity (Wildman–Crippen MR) is 71.4 cm³/mol. The summed E-state index contributed by atoms with van der Waals surface area (Å²) in [6, 6.07) is 3.36. The van der Waals surface area contributed by atoms with Gasteiger partial charge in [-0.1, -0.05) is 12.1 Å². The molecule has 0 spiro atoms. The van der Waals surface area contributed by atoms with Crippen LogP contribution >= 0.6 is 0 Å². The molecule has 0 heterocycles. The second-order valence-electron chi connectivity index (χ2n) is 4.92. The van der Waals surface area contributed by atoms with Crippen LogP contribution in [0.2, 0.25) is 0 Å². The van der Waals surface area contributed by atoms with Crippen LogP contribution in [0.5, 0.6) is 0 Å². The highest BCUT2D eigenvalue weighted by Crippen LogP contribution is 2.32. The standard InChI is InChI=1S/C14H13F3N2O4/c15-14(16,17)10-4-2-1-3-9(10)12(21)23-7-11(20)19-13(22)18-8-5-6-8/h1-4,8H,5-7H2,(H2,18,19,20,22). The zero-order valence-electron chi connectivity index (χ0n) is 11.8. The van der Waals surface area contributed by atoms with E-state index in [0.717, 1.165) is 31.0 Å². The van der Waals surface area contributed by atoms with Crippen LogP contribution in [0.25, 0.3) is 0 Å². The summed E-state index contributed by atoms with van der Waals surface area (Å²) < 4.78 is 42.8. The van der Waals surface area contributed by atoms with Gasteiger partial charge in [-0.2, -0.15) is 13.2 Å². The minimum Gasteiger partial charge on any atom is -0.452 e. The van der Waals surface area contributed by atoms with Gasteiger partial charge in [-0.15, -0.1) is 0 Å². The molecule has 23 heavy (non-hydrogen) atoms. The summed E-state index contributed by atoms with van der Waals surface area (Å²) in [6.45, 7) is -0.858. The van der Waals surface area contributed by atoms with E-state index < -0.39 is 41.8 Å². The van der Waals surface area contributed by atoms with Crippen molar-refractivity contribution in [3.05, 3.63) is 35.4 Å². The quantitative estimate of drug-likeness (QED) is 0.825. The highest BCUT2D eigenvalue weighted by atomic mass is 19.4. The van der Waals surface area contributed by atoms with Gasteiger partial charge in [-0.25, -0.2) is 9.59 Å². The maximum absolute atomic E-state index is 12.8. The number of carbonyl (C=O) groups is 3. The van der Waals surface area contributed by atoms with Crippen molar-refractivity contribution in [2.45, 2.75) is 25.1 Å². The van der Waals surface area contributed by atoms with E-state index in [-0.39, 0.29) is 6.04 Å². The molecule has 2 rings (SSSR count). The summed E-state index contributed by atoms with van der Waals surface area (Å²) in [6.07, 6.45) is -3.07. The van der Waals surface area contributed by atoms with Crippen LogP contribution in [0.3, 0.4) is 0 Å². The zero-order chi connectivity index (χ0) is 17.0. The predicted octanol–water partition coefficient (Wildman–Crippen LogP) is 1.85. The molecule has 1 aliphatic carbocycles. The second-order valence-corrected chi connectivity index (χ2v) is 4.92. The molecule has 0 bridgehead atoms. The summed E-state index contributed by atoms with van der Waals surface area (Å²) in [5, 5.41) is 4.39. The Bertz CT molecular complexity index is 627. The van der Waals surface area contributed by atoms with Gasteiger partial charge in [0.1, 0.15) is 0 Å². The third kappa shape index (κ3) is 4.97. The van der Waals surface area contributed by atoms with Crippen molar-refractivity contribution >= 4 is 17.9 Å². The fraction of sp³-hybridized carbons (Fsp3) is 0.357. The molecule has 0 radical (unpaired) electrons. The number of carbonyl (C=O) groups excluding carboxylic acids is 3. The van der Waals surface area contributed by atoms with Crippen molar-refractivity contribution in [1.29, 1.82) is 0 Å². The number of ether oxygens (including phenoxy) is 1. The van der Waals surface area contributed by atoms with E-state index in [2.05, 4.69) is 10.1 Å². The summed E-state index contributed by atoms with van der Waals surface area (Å²) in [4.78, 5) is 34.4. The molecule has 0 aliphatic heterocycles. The van der Waals surface area contributed by atoms with Crippen molar-refractivity contribution in [2.75, 3.05) is 6.61 Å². The van der Waals surface area contributed by atoms with Gasteiger partial charge in [0, 0.05) is 6.04 Å². The molecule has 3 amide bonds. The monoisotopic (exact) mass is 330 g/mol. The number of hydrogen-bond donors (Lipinski definition) is 2. The zero-order valence-corrected chi connectivity index (χ0v) is 11.8. The first kappa shape index (κ1) is 16.8. The average Bonchev–Trinajstić information content (AvgIpc) is 3.27. The molecule has 0 saturated heterocycles. The van der Waals surface area contributed by atoms with E-state index in [9.17, 15) is 27.6 Å². The van der Waals surface area contributed by atoms with Gasteiger partial charge in [0.2, 0.25) is 0 Å². The summed E-state index contributed by atoms with van der Waals surface area (Å²) in [5.41, 5.74) is -1.85. The van der Waals surface area contributed by atoms with Crippen molar-refractivity contribution < 1.29 is 32.3 Å². The third-order valence-corrected chi connectivity index (χ3v) is 2.95. The summed E-state index contributed by atoms with van der Waals surface area (Å²) in [7, 11) is 0. The maximum Gasteiger partial charge on any atom is 0.417 e. The van der Waals surface area contributed by atoms with E-state index in [0.29, 0.717) is 0 Å². The van der Waals surface area contributed by atoms with Gasteiger partial charge in [0.25, 0.3) is 5.91 Å². The van der Waals surface area contributed by atoms with Gasteiger partial charge in [-0.3, -0.25) is 10.1 Å². The van der Waals surface area contributed by atoms with Crippen LogP contribution in [-0.4, -0.2) is 30.6 Å². The van der Waals surface area contributed by atoms with E-state index in [1.54, 1.807) is 0 Å². The number of hydrogen-bond acceptors (Lipinski definition) is 4. The van der Waals surface area contributed by atoms with E-state index in [1.165, 1.54) is 6.07 Å². The lowest BCUT2D eigenvalue weighted by Gasteiger charge is -2.12. The van der Waals surface area contributed by atoms with Crippen molar-refractivity contribution in [3.8, 4) is 0 Å². The number of imide groups is 1. The molecular weight excluding hydrogens is 317 g/mol. The Hall–Kier alpha value is -2.58. The largest absolute Gasteiger partial charge is 0.452 e. The SMILES string of the molecule is O=C(COC(=O)c1ccccc1C(F)(F)F)NC(=O)NC1CC1. The van der Waals surface area contributed by atoms with E-state index >= 15 is 0 Å². The number of esters is 1. The van der Waals surface area contributed by atoms with Gasteiger partial charge in [-0.05, 0) is 25.0 Å². The molecule has 0 unspecified atom stereocenters. The smallest absolute Gasteiger partial charge is 0.417 e. The summed E-state index contributed by atoms with van der Waals surface area (Å²) >= 11 is 0. The van der Waals surface area contributed by atoms with Crippen LogP contribution in [0.15, 0.2) is 24.3 Å². The minimum absolute atomic E-state index is 0.0315. The molecule has 1 saturated carbocycles. The molecule has 6 nitrogen and oxygen atoms in total. The molecule has 9 heteroatoms. The van der Waals surface area contributed by atoms with Gasteiger partial charge in [0.05, 0.1) is 11.1 Å². The van der Waals surface area contributed by atoms with Crippen LogP contribution in [0.4, 0.5) is 18.0 Å². The molecule has 1 fully saturated rings. The maximum atomic E-state index is 12.8. The Kier molecular flexibility index (Phi) is 4.87. The molecule has 2 N–H and O–H groups in total. The fourth-order valence-electron chi connectivity index (χ4n) is 1.73. The van der Waals surface area contributed by atoms with Gasteiger partial charge >= 0.3 is 18.2 Å². The van der Waals surface area contributed by atoms with Crippen molar-refractivity contribution in [2.24, 2.45) is 0 Å².